The molecule has 1 aromatic rings. The normalized spacial score (nSPS) is 10.8. The maximum Gasteiger partial charge on any atom is 0.161 e. The first-order chi connectivity index (χ1) is 4.34. The lowest BCUT2D eigenvalue weighted by molar-refractivity contribution is 0.320. The van der Waals surface area contributed by atoms with Gasteiger partial charge in [-0.15, -0.1) is 0 Å². The van der Waals surface area contributed by atoms with Gasteiger partial charge < -0.3 is 9.62 Å². The Bertz CT molecular complexity index is 218. The minimum Gasteiger partial charge on any atom is -0.462 e. The van der Waals surface area contributed by atoms with Crippen LogP contribution < -0.4 is 0 Å². The molecular formula is C5H4INO2. The number of furan rings is 1. The van der Waals surface area contributed by atoms with E-state index < -0.39 is 0 Å². The van der Waals surface area contributed by atoms with Crippen LogP contribution in [0, 0.1) is 3.57 Å². The monoisotopic (exact) mass is 237 g/mol. The second-order valence-corrected chi connectivity index (χ2v) is 2.54. The molecule has 9 heavy (non-hydrogen) atoms. The highest BCUT2D eigenvalue weighted by atomic mass is 127. The molecule has 0 bridgehead atoms. The zero-order chi connectivity index (χ0) is 6.69. The Morgan fingerprint density at radius 3 is 3.00 bits per heavy atom. The Hall–Kier alpha value is -0.520. The molecular weight excluding hydrogens is 233 g/mol. The summed E-state index contributed by atoms with van der Waals surface area (Å²) >= 11 is 2.08. The molecule has 0 saturated carbocycles. The van der Waals surface area contributed by atoms with Crippen LogP contribution in [0.4, 0.5) is 0 Å². The molecule has 48 valence electrons. The average molecular weight is 237 g/mol. The summed E-state index contributed by atoms with van der Waals surface area (Å²) in [6.07, 6.45) is 2.79. The van der Waals surface area contributed by atoms with Crippen molar-refractivity contribution in [1.29, 1.82) is 0 Å². The number of oxime groups is 1. The standard InChI is InChI=1S/C5H4INO2/c6-4-1-2-9-5(4)3-7-8/h1-3,8H/b7-3+. The molecule has 4 heteroatoms. The van der Waals surface area contributed by atoms with E-state index in [0.29, 0.717) is 5.76 Å². The summed E-state index contributed by atoms with van der Waals surface area (Å²) in [4.78, 5) is 0. The van der Waals surface area contributed by atoms with Crippen molar-refractivity contribution >= 4 is 28.8 Å². The molecule has 0 atom stereocenters. The van der Waals surface area contributed by atoms with Crippen LogP contribution >= 0.6 is 22.6 Å². The van der Waals surface area contributed by atoms with E-state index in [1.165, 1.54) is 6.21 Å². The molecule has 0 aliphatic carbocycles. The molecule has 3 nitrogen and oxygen atoms in total. The quantitative estimate of drug-likeness (QED) is 0.349. The fourth-order valence-electron chi connectivity index (χ4n) is 0.450. The molecule has 0 amide bonds. The molecule has 1 aromatic heterocycles. The molecule has 0 saturated heterocycles. The highest BCUT2D eigenvalue weighted by Gasteiger charge is 1.96. The summed E-state index contributed by atoms with van der Waals surface area (Å²) in [7, 11) is 0. The highest BCUT2D eigenvalue weighted by molar-refractivity contribution is 14.1. The SMILES string of the molecule is O/N=C/c1occc1I. The highest BCUT2D eigenvalue weighted by Crippen LogP contribution is 2.09. The van der Waals surface area contributed by atoms with Crippen LogP contribution in [0.5, 0.6) is 0 Å². The van der Waals surface area contributed by atoms with E-state index in [2.05, 4.69) is 27.7 Å². The molecule has 0 fully saturated rings. The van der Waals surface area contributed by atoms with E-state index in [1.807, 2.05) is 0 Å². The predicted molar refractivity (Wildman–Crippen MR) is 40.8 cm³/mol. The van der Waals surface area contributed by atoms with Gasteiger partial charge in [-0.2, -0.15) is 0 Å². The van der Waals surface area contributed by atoms with Crippen LogP contribution in [0.3, 0.4) is 0 Å². The van der Waals surface area contributed by atoms with Gasteiger partial charge in [0, 0.05) is 0 Å². The maximum atomic E-state index is 8.07. The van der Waals surface area contributed by atoms with Gasteiger partial charge in [0.15, 0.2) is 5.76 Å². The van der Waals surface area contributed by atoms with Gasteiger partial charge >= 0.3 is 0 Å². The van der Waals surface area contributed by atoms with E-state index >= 15 is 0 Å². The molecule has 1 heterocycles. The molecule has 0 aliphatic heterocycles. The largest absolute Gasteiger partial charge is 0.462 e. The van der Waals surface area contributed by atoms with Crippen molar-refractivity contribution in [3.8, 4) is 0 Å². The van der Waals surface area contributed by atoms with Crippen molar-refractivity contribution < 1.29 is 9.62 Å². The Balaban J connectivity index is 2.94. The van der Waals surface area contributed by atoms with Gasteiger partial charge in [0.1, 0.15) is 6.21 Å². The van der Waals surface area contributed by atoms with Gasteiger partial charge in [0.25, 0.3) is 0 Å². The third-order valence-corrected chi connectivity index (χ3v) is 1.71. The summed E-state index contributed by atoms with van der Waals surface area (Å²) in [5.74, 6) is 0.582. The molecule has 0 radical (unpaired) electrons. The molecule has 0 spiro atoms. The van der Waals surface area contributed by atoms with E-state index in [-0.39, 0.29) is 0 Å². The van der Waals surface area contributed by atoms with Crippen molar-refractivity contribution in [2.45, 2.75) is 0 Å². The zero-order valence-corrected chi connectivity index (χ0v) is 6.57. The predicted octanol–water partition coefficient (Wildman–Crippen LogP) is 1.69. The summed E-state index contributed by atoms with van der Waals surface area (Å²) in [6.45, 7) is 0. The molecule has 1 rings (SSSR count). The summed E-state index contributed by atoms with van der Waals surface area (Å²) in [6, 6.07) is 1.79. The van der Waals surface area contributed by atoms with Gasteiger partial charge in [-0.3, -0.25) is 0 Å². The van der Waals surface area contributed by atoms with Crippen molar-refractivity contribution in [3.63, 3.8) is 0 Å². The molecule has 0 aromatic carbocycles. The van der Waals surface area contributed by atoms with Crippen LogP contribution in [-0.2, 0) is 0 Å². The van der Waals surface area contributed by atoms with Gasteiger partial charge in [0.2, 0.25) is 0 Å². The Kier molecular flexibility index (Phi) is 2.10. The fourth-order valence-corrected chi connectivity index (χ4v) is 0.863. The molecule has 0 unspecified atom stereocenters. The summed E-state index contributed by atoms with van der Waals surface area (Å²) in [5, 5.41) is 10.9. The van der Waals surface area contributed by atoms with Gasteiger partial charge in [-0.1, -0.05) is 5.16 Å². The van der Waals surface area contributed by atoms with Crippen LogP contribution in [0.2, 0.25) is 0 Å². The Morgan fingerprint density at radius 1 is 1.78 bits per heavy atom. The number of hydrogen-bond donors (Lipinski definition) is 1. The van der Waals surface area contributed by atoms with Gasteiger partial charge in [-0.05, 0) is 28.7 Å². The molecule has 1 N–H and O–H groups in total. The van der Waals surface area contributed by atoms with Crippen LogP contribution in [0.15, 0.2) is 21.9 Å². The first kappa shape index (κ1) is 6.60. The maximum absolute atomic E-state index is 8.07. The van der Waals surface area contributed by atoms with Crippen LogP contribution in [0.1, 0.15) is 5.76 Å². The number of halogens is 1. The van der Waals surface area contributed by atoms with Crippen molar-refractivity contribution in [2.24, 2.45) is 5.16 Å². The minimum absolute atomic E-state index is 0.582. The fraction of sp³-hybridized carbons (Fsp3) is 0. The second kappa shape index (κ2) is 2.86. The van der Waals surface area contributed by atoms with Gasteiger partial charge in [-0.25, -0.2) is 0 Å². The Labute approximate surface area is 65.5 Å². The summed E-state index contributed by atoms with van der Waals surface area (Å²) < 4.78 is 5.82. The third kappa shape index (κ3) is 1.44. The van der Waals surface area contributed by atoms with E-state index in [1.54, 1.807) is 12.3 Å². The van der Waals surface area contributed by atoms with Crippen LogP contribution in [-0.4, -0.2) is 11.4 Å². The van der Waals surface area contributed by atoms with Crippen molar-refractivity contribution in [3.05, 3.63) is 21.7 Å². The lowest BCUT2D eigenvalue weighted by Gasteiger charge is -1.80. The summed E-state index contributed by atoms with van der Waals surface area (Å²) in [5.41, 5.74) is 0. The Morgan fingerprint density at radius 2 is 2.56 bits per heavy atom. The molecule has 0 aliphatic rings. The lowest BCUT2D eigenvalue weighted by Crippen LogP contribution is -1.77. The first-order valence-electron chi connectivity index (χ1n) is 2.25. The van der Waals surface area contributed by atoms with Crippen molar-refractivity contribution in [2.75, 3.05) is 0 Å². The lowest BCUT2D eigenvalue weighted by atomic mass is 10.5. The number of nitrogens with zero attached hydrogens (tertiary/aromatic N) is 1. The van der Waals surface area contributed by atoms with E-state index in [4.69, 9.17) is 9.62 Å². The van der Waals surface area contributed by atoms with Gasteiger partial charge in [0.05, 0.1) is 9.83 Å². The number of hydrogen-bond acceptors (Lipinski definition) is 3. The van der Waals surface area contributed by atoms with E-state index in [9.17, 15) is 0 Å². The first-order valence-corrected chi connectivity index (χ1v) is 3.33. The zero-order valence-electron chi connectivity index (χ0n) is 4.41. The smallest absolute Gasteiger partial charge is 0.161 e. The van der Waals surface area contributed by atoms with Crippen LogP contribution in [0.25, 0.3) is 0 Å². The van der Waals surface area contributed by atoms with E-state index in [0.717, 1.165) is 3.57 Å². The topological polar surface area (TPSA) is 45.7 Å². The number of rotatable bonds is 1. The van der Waals surface area contributed by atoms with Crippen molar-refractivity contribution in [1.82, 2.24) is 0 Å². The second-order valence-electron chi connectivity index (χ2n) is 1.38. The average Bonchev–Trinajstić information content (AvgIpc) is 2.18. The minimum atomic E-state index is 0.582. The third-order valence-electron chi connectivity index (χ3n) is 0.820.